The minimum atomic E-state index is -0.613. The zero-order valence-corrected chi connectivity index (χ0v) is 21.3. The van der Waals surface area contributed by atoms with E-state index in [1.54, 1.807) is 31.1 Å². The van der Waals surface area contributed by atoms with Gasteiger partial charge in [0.05, 0.1) is 40.0 Å². The molecule has 4 heterocycles. The molecule has 37 heavy (non-hydrogen) atoms. The number of amides is 2. The molecule has 1 N–H and O–H groups in total. The van der Waals surface area contributed by atoms with E-state index in [0.717, 1.165) is 40.6 Å². The molecule has 0 spiro atoms. The quantitative estimate of drug-likeness (QED) is 0.554. The number of ether oxygens (including phenoxy) is 4. The first-order valence-corrected chi connectivity index (χ1v) is 12.6. The largest absolute Gasteiger partial charge is 0.493 e. The van der Waals surface area contributed by atoms with Crippen LogP contribution in [0, 0.1) is 0 Å². The molecule has 9 heteroatoms. The molecule has 0 bridgehead atoms. The molecular formula is C28H31N3O6. The number of nitrogens with one attached hydrogen (secondary N) is 1. The Balaban J connectivity index is 1.49. The summed E-state index contributed by atoms with van der Waals surface area (Å²) >= 11 is 0. The number of fused-ring (bicyclic) bond motifs is 4. The number of piperazine rings is 1. The fraction of sp³-hybridized carbons (Fsp3) is 0.429. The van der Waals surface area contributed by atoms with E-state index in [1.165, 1.54) is 0 Å². The number of aromatic nitrogens is 1. The van der Waals surface area contributed by atoms with Crippen molar-refractivity contribution >= 4 is 22.7 Å². The summed E-state index contributed by atoms with van der Waals surface area (Å²) in [6, 6.07) is 10.6. The van der Waals surface area contributed by atoms with Crippen molar-refractivity contribution in [3.63, 3.8) is 0 Å². The van der Waals surface area contributed by atoms with Crippen LogP contribution in [0.1, 0.15) is 35.7 Å². The fourth-order valence-electron chi connectivity index (χ4n) is 6.12. The maximum atomic E-state index is 13.9. The Bertz CT molecular complexity index is 1340. The van der Waals surface area contributed by atoms with Crippen molar-refractivity contribution in [3.05, 3.63) is 53.2 Å². The lowest BCUT2D eigenvalue weighted by molar-refractivity contribution is -0.159. The molecule has 2 saturated heterocycles. The van der Waals surface area contributed by atoms with Crippen LogP contribution < -0.4 is 14.2 Å². The van der Waals surface area contributed by atoms with Gasteiger partial charge in [-0.2, -0.15) is 0 Å². The van der Waals surface area contributed by atoms with Gasteiger partial charge in [0.2, 0.25) is 17.6 Å². The van der Waals surface area contributed by atoms with Crippen LogP contribution in [0.5, 0.6) is 17.2 Å². The first kappa shape index (κ1) is 23.7. The molecule has 2 amide bonds. The van der Waals surface area contributed by atoms with E-state index in [2.05, 4.69) is 11.1 Å². The molecule has 194 valence electrons. The van der Waals surface area contributed by atoms with Crippen LogP contribution in [-0.2, 0) is 20.7 Å². The van der Waals surface area contributed by atoms with Crippen LogP contribution in [0.15, 0.2) is 36.4 Å². The number of carbonyl (C=O) groups excluding carboxylic acids is 2. The average molecular weight is 506 g/mol. The molecule has 0 radical (unpaired) electrons. The van der Waals surface area contributed by atoms with E-state index in [1.807, 2.05) is 30.3 Å². The Morgan fingerprint density at radius 3 is 2.49 bits per heavy atom. The summed E-state index contributed by atoms with van der Waals surface area (Å²) in [6.45, 7) is 1.19. The molecule has 1 aromatic heterocycles. The van der Waals surface area contributed by atoms with Gasteiger partial charge in [-0.05, 0) is 42.2 Å². The monoisotopic (exact) mass is 505 g/mol. The molecule has 6 rings (SSSR count). The van der Waals surface area contributed by atoms with E-state index in [9.17, 15) is 9.59 Å². The molecular weight excluding hydrogens is 474 g/mol. The molecule has 2 aromatic carbocycles. The first-order chi connectivity index (χ1) is 18.0. The highest BCUT2D eigenvalue weighted by molar-refractivity contribution is 5.97. The summed E-state index contributed by atoms with van der Waals surface area (Å²) in [4.78, 5) is 34.7. The van der Waals surface area contributed by atoms with Crippen molar-refractivity contribution in [2.45, 2.75) is 37.5 Å². The van der Waals surface area contributed by atoms with Crippen molar-refractivity contribution < 1.29 is 28.5 Å². The maximum Gasteiger partial charge on any atom is 0.246 e. The van der Waals surface area contributed by atoms with Crippen molar-refractivity contribution in [2.75, 3.05) is 41.0 Å². The van der Waals surface area contributed by atoms with Gasteiger partial charge in [-0.3, -0.25) is 9.59 Å². The van der Waals surface area contributed by atoms with Crippen LogP contribution in [0.25, 0.3) is 10.9 Å². The number of hydrogen-bond donors (Lipinski definition) is 1. The highest BCUT2D eigenvalue weighted by atomic mass is 16.5. The van der Waals surface area contributed by atoms with E-state index in [4.69, 9.17) is 18.9 Å². The fourth-order valence-corrected chi connectivity index (χ4v) is 6.12. The number of aromatic amines is 1. The zero-order valence-electron chi connectivity index (χ0n) is 21.3. The molecule has 3 aliphatic heterocycles. The predicted molar refractivity (Wildman–Crippen MR) is 136 cm³/mol. The van der Waals surface area contributed by atoms with Crippen molar-refractivity contribution in [3.8, 4) is 17.2 Å². The minimum absolute atomic E-state index is 0.0125. The second-order valence-corrected chi connectivity index (χ2v) is 9.80. The van der Waals surface area contributed by atoms with Gasteiger partial charge < -0.3 is 33.7 Å². The van der Waals surface area contributed by atoms with Gasteiger partial charge in [0.15, 0.2) is 11.5 Å². The molecule has 0 saturated carbocycles. The van der Waals surface area contributed by atoms with Crippen molar-refractivity contribution in [2.24, 2.45) is 0 Å². The number of carbonyl (C=O) groups is 2. The van der Waals surface area contributed by atoms with Gasteiger partial charge in [-0.25, -0.2) is 0 Å². The number of methoxy groups -OCH3 is 3. The number of benzene rings is 2. The molecule has 0 aliphatic carbocycles. The molecule has 2 unspecified atom stereocenters. The number of hydrogen-bond acceptors (Lipinski definition) is 6. The third-order valence-corrected chi connectivity index (χ3v) is 7.79. The molecule has 3 aromatic rings. The third-order valence-electron chi connectivity index (χ3n) is 7.79. The van der Waals surface area contributed by atoms with E-state index < -0.39 is 12.1 Å². The summed E-state index contributed by atoms with van der Waals surface area (Å²) < 4.78 is 22.6. The summed E-state index contributed by atoms with van der Waals surface area (Å²) in [6.07, 6.45) is 2.33. The Hall–Kier alpha value is -3.72. The number of nitrogens with zero attached hydrogens (tertiary/aromatic N) is 2. The summed E-state index contributed by atoms with van der Waals surface area (Å²) in [5.74, 6) is 1.33. The van der Waals surface area contributed by atoms with Crippen LogP contribution in [0.3, 0.4) is 0 Å². The van der Waals surface area contributed by atoms with Crippen molar-refractivity contribution in [1.82, 2.24) is 14.8 Å². The highest BCUT2D eigenvalue weighted by Crippen LogP contribution is 2.47. The van der Waals surface area contributed by atoms with Crippen LogP contribution in [0.4, 0.5) is 0 Å². The first-order valence-electron chi connectivity index (χ1n) is 12.6. The molecule has 3 aliphatic rings. The summed E-state index contributed by atoms with van der Waals surface area (Å²) in [7, 11) is 4.69. The van der Waals surface area contributed by atoms with Gasteiger partial charge in [0.1, 0.15) is 6.04 Å². The highest BCUT2D eigenvalue weighted by Gasteiger charge is 2.49. The van der Waals surface area contributed by atoms with Gasteiger partial charge >= 0.3 is 0 Å². The number of rotatable bonds is 6. The number of H-pyrrole nitrogens is 1. The topological polar surface area (TPSA) is 93.3 Å². The lowest BCUT2D eigenvalue weighted by Gasteiger charge is -2.47. The maximum absolute atomic E-state index is 13.9. The summed E-state index contributed by atoms with van der Waals surface area (Å²) in [5.41, 5.74) is 3.71. The van der Waals surface area contributed by atoms with E-state index in [-0.39, 0.29) is 24.5 Å². The van der Waals surface area contributed by atoms with Gasteiger partial charge in [-0.15, -0.1) is 0 Å². The van der Waals surface area contributed by atoms with Crippen LogP contribution in [-0.4, -0.2) is 79.8 Å². The van der Waals surface area contributed by atoms with Crippen LogP contribution >= 0.6 is 0 Å². The van der Waals surface area contributed by atoms with Gasteiger partial charge in [-0.1, -0.05) is 18.2 Å². The van der Waals surface area contributed by atoms with E-state index in [0.29, 0.717) is 36.8 Å². The number of para-hydroxylation sites is 1. The lowest BCUT2D eigenvalue weighted by atomic mass is 9.86. The van der Waals surface area contributed by atoms with Crippen molar-refractivity contribution in [1.29, 1.82) is 0 Å². The second kappa shape index (κ2) is 9.30. The predicted octanol–water partition coefficient (Wildman–Crippen LogP) is 3.06. The summed E-state index contributed by atoms with van der Waals surface area (Å²) in [5, 5.41) is 1.06. The molecule has 2 fully saturated rings. The van der Waals surface area contributed by atoms with Gasteiger partial charge in [0, 0.05) is 36.2 Å². The Kier molecular flexibility index (Phi) is 5.95. The molecule has 3 atom stereocenters. The minimum Gasteiger partial charge on any atom is -0.493 e. The normalized spacial score (nSPS) is 23.3. The Morgan fingerprint density at radius 1 is 1.05 bits per heavy atom. The zero-order chi connectivity index (χ0) is 25.7. The third kappa shape index (κ3) is 3.80. The molecule has 9 nitrogen and oxygen atoms in total. The van der Waals surface area contributed by atoms with Gasteiger partial charge in [0.25, 0.3) is 0 Å². The lowest BCUT2D eigenvalue weighted by Crippen LogP contribution is -2.63. The van der Waals surface area contributed by atoms with Crippen LogP contribution in [0.2, 0.25) is 0 Å². The Morgan fingerprint density at radius 2 is 1.81 bits per heavy atom. The standard InChI is InChI=1S/C28H31N3O6/c1-34-22-11-16(12-23(35-2)27(22)36-3)26-25-19(18-8-4-5-9-20(18)29-25)13-21-28(33)30(15-24(32)31(21)26)14-17-7-6-10-37-17/h4-5,8-9,11-12,17,21,26,29H,6-7,10,13-15H2,1-3H3/t17?,21-,26?/m0/s1. The second-order valence-electron chi connectivity index (χ2n) is 9.80. The van der Waals surface area contributed by atoms with E-state index >= 15 is 0 Å². The smallest absolute Gasteiger partial charge is 0.246 e. The SMILES string of the molecule is COc1cc(C2c3[nH]c4ccccc4c3C[C@H]3C(=O)N(CC4CCCO4)CC(=O)N23)cc(OC)c1OC. The average Bonchev–Trinajstić information content (AvgIpc) is 3.57. The Labute approximate surface area is 215 Å².